The van der Waals surface area contributed by atoms with E-state index >= 15 is 0 Å². The maximum atomic E-state index is 13.0. The lowest BCUT2D eigenvalue weighted by Gasteiger charge is -2.14. The first-order valence-electron chi connectivity index (χ1n) is 10.0. The van der Waals surface area contributed by atoms with Gasteiger partial charge in [-0.2, -0.15) is 13.2 Å². The minimum Gasteiger partial charge on any atom is -0.490 e. The van der Waals surface area contributed by atoms with Gasteiger partial charge in [-0.25, -0.2) is 0 Å². The third kappa shape index (κ3) is 4.76. The Morgan fingerprint density at radius 3 is 2.44 bits per heavy atom. The van der Waals surface area contributed by atoms with Crippen molar-refractivity contribution in [2.75, 3.05) is 6.61 Å². The topological polar surface area (TPSA) is 78.7 Å². The van der Waals surface area contributed by atoms with Crippen LogP contribution < -0.4 is 9.47 Å². The van der Waals surface area contributed by atoms with Gasteiger partial charge in [-0.1, -0.05) is 30.0 Å². The molecule has 0 amide bonds. The van der Waals surface area contributed by atoms with E-state index in [2.05, 4.69) is 0 Å². The summed E-state index contributed by atoms with van der Waals surface area (Å²) >= 11 is 1.35. The Kier molecular flexibility index (Phi) is 6.34. The lowest BCUT2D eigenvalue weighted by molar-refractivity contribution is -0.385. The Balaban J connectivity index is 1.66. The van der Waals surface area contributed by atoms with Crippen molar-refractivity contribution in [3.05, 3.63) is 92.4 Å². The molecule has 1 aliphatic rings. The molecule has 1 aliphatic heterocycles. The zero-order valence-electron chi connectivity index (χ0n) is 17.6. The molecule has 34 heavy (non-hydrogen) atoms. The van der Waals surface area contributed by atoms with Crippen molar-refractivity contribution in [1.29, 1.82) is 0 Å². The van der Waals surface area contributed by atoms with Crippen LogP contribution in [-0.4, -0.2) is 17.3 Å². The number of nitrogens with zero attached hydrogens (tertiary/aromatic N) is 1. The van der Waals surface area contributed by atoms with Crippen LogP contribution in [0.3, 0.4) is 0 Å². The number of thioether (sulfide) groups is 1. The predicted octanol–water partition coefficient (Wildman–Crippen LogP) is 7.13. The second kappa shape index (κ2) is 9.22. The molecule has 0 saturated heterocycles. The van der Waals surface area contributed by atoms with Gasteiger partial charge in [0.05, 0.1) is 22.0 Å². The van der Waals surface area contributed by atoms with Crippen molar-refractivity contribution in [2.24, 2.45) is 0 Å². The van der Waals surface area contributed by atoms with E-state index in [-0.39, 0.29) is 29.6 Å². The van der Waals surface area contributed by atoms with E-state index in [1.807, 2.05) is 12.1 Å². The summed E-state index contributed by atoms with van der Waals surface area (Å²) in [4.78, 5) is 24.4. The fourth-order valence-corrected chi connectivity index (χ4v) is 4.35. The van der Waals surface area contributed by atoms with E-state index in [9.17, 15) is 28.1 Å². The number of ketones is 1. The van der Waals surface area contributed by atoms with Gasteiger partial charge in [0.25, 0.3) is 0 Å². The number of nitro groups is 1. The Morgan fingerprint density at radius 1 is 1.03 bits per heavy atom. The molecule has 0 aliphatic carbocycles. The molecule has 0 bridgehead atoms. The van der Waals surface area contributed by atoms with Crippen LogP contribution in [0.4, 0.5) is 18.9 Å². The first-order chi connectivity index (χ1) is 16.2. The maximum absolute atomic E-state index is 13.0. The second-order valence-electron chi connectivity index (χ2n) is 7.11. The zero-order chi connectivity index (χ0) is 24.5. The number of alkyl halides is 3. The summed E-state index contributed by atoms with van der Waals surface area (Å²) in [5.41, 5.74) is -0.729. The van der Waals surface area contributed by atoms with E-state index in [0.717, 1.165) is 11.0 Å². The number of Topliss-reactive ketones (excluding diaryl/α,β-unsaturated/α-hetero) is 1. The number of carbonyl (C=O) groups is 1. The largest absolute Gasteiger partial charge is 0.490 e. The number of ether oxygens (including phenoxy) is 2. The second-order valence-corrected chi connectivity index (χ2v) is 8.20. The number of hydrogen-bond donors (Lipinski definition) is 0. The Labute approximate surface area is 196 Å². The fourth-order valence-electron chi connectivity index (χ4n) is 3.30. The third-order valence-corrected chi connectivity index (χ3v) is 5.94. The molecule has 3 aromatic rings. The molecule has 0 N–H and O–H groups in total. The predicted molar refractivity (Wildman–Crippen MR) is 120 cm³/mol. The summed E-state index contributed by atoms with van der Waals surface area (Å²) in [6, 6.07) is 14.0. The van der Waals surface area contributed by atoms with Gasteiger partial charge >= 0.3 is 11.9 Å². The van der Waals surface area contributed by atoms with Crippen LogP contribution in [0.2, 0.25) is 0 Å². The molecule has 0 fully saturated rings. The fraction of sp³-hybridized carbons (Fsp3) is 0.125. The number of benzene rings is 3. The quantitative estimate of drug-likeness (QED) is 0.209. The smallest absolute Gasteiger partial charge is 0.416 e. The minimum atomic E-state index is -4.73. The molecule has 0 spiro atoms. The summed E-state index contributed by atoms with van der Waals surface area (Å²) in [6.45, 7) is 1.97. The Bertz CT molecular complexity index is 1320. The van der Waals surface area contributed by atoms with Crippen LogP contribution in [0.5, 0.6) is 17.2 Å². The maximum Gasteiger partial charge on any atom is 0.416 e. The van der Waals surface area contributed by atoms with Crippen LogP contribution >= 0.6 is 11.8 Å². The number of rotatable bonds is 6. The van der Waals surface area contributed by atoms with E-state index in [1.54, 1.807) is 37.3 Å². The minimum absolute atomic E-state index is 0.0838. The summed E-state index contributed by atoms with van der Waals surface area (Å²) in [5.74, 6) is -0.152. The standard InChI is InChI=1S/C24H16F3NO5S/c1-2-32-20-11-14(12-22-23(29)16-5-3-4-6-21(16)34-22)7-9-19(20)33-18-10-8-15(24(25,26)27)13-17(18)28(30)31/h3-13H,2H2,1H3/b22-12-. The van der Waals surface area contributed by atoms with Crippen LogP contribution in [0.25, 0.3) is 6.08 Å². The molecular formula is C24H16F3NO5S. The van der Waals surface area contributed by atoms with E-state index in [1.165, 1.54) is 17.8 Å². The van der Waals surface area contributed by atoms with Gasteiger partial charge in [-0.05, 0) is 55.0 Å². The molecule has 0 saturated carbocycles. The van der Waals surface area contributed by atoms with Gasteiger partial charge in [-0.15, -0.1) is 0 Å². The molecule has 0 unspecified atom stereocenters. The lowest BCUT2D eigenvalue weighted by atomic mass is 10.1. The average molecular weight is 487 g/mol. The summed E-state index contributed by atoms with van der Waals surface area (Å²) in [7, 11) is 0. The molecule has 0 aromatic heterocycles. The van der Waals surface area contributed by atoms with Gasteiger partial charge in [0.15, 0.2) is 11.5 Å². The number of allylic oxidation sites excluding steroid dienone is 1. The highest BCUT2D eigenvalue weighted by Crippen LogP contribution is 2.43. The van der Waals surface area contributed by atoms with Crippen molar-refractivity contribution in [1.82, 2.24) is 0 Å². The molecule has 4 rings (SSSR count). The molecule has 3 aromatic carbocycles. The first kappa shape index (κ1) is 23.4. The highest BCUT2D eigenvalue weighted by molar-refractivity contribution is 8.04. The lowest BCUT2D eigenvalue weighted by Crippen LogP contribution is -2.06. The van der Waals surface area contributed by atoms with Crippen LogP contribution in [0.15, 0.2) is 70.5 Å². The molecular weight excluding hydrogens is 471 g/mol. The third-order valence-electron chi connectivity index (χ3n) is 4.84. The highest BCUT2D eigenvalue weighted by atomic mass is 32.2. The number of fused-ring (bicyclic) bond motifs is 1. The number of carbonyl (C=O) groups excluding carboxylic acids is 1. The molecule has 1 heterocycles. The molecule has 0 radical (unpaired) electrons. The number of hydrogen-bond acceptors (Lipinski definition) is 6. The van der Waals surface area contributed by atoms with Gasteiger partial charge < -0.3 is 9.47 Å². The van der Waals surface area contributed by atoms with Gasteiger partial charge in [0.2, 0.25) is 11.5 Å². The normalized spacial score (nSPS) is 14.2. The zero-order valence-corrected chi connectivity index (χ0v) is 18.4. The molecule has 174 valence electrons. The van der Waals surface area contributed by atoms with Gasteiger partial charge in [0.1, 0.15) is 0 Å². The van der Waals surface area contributed by atoms with Crippen molar-refractivity contribution < 1.29 is 32.4 Å². The van der Waals surface area contributed by atoms with Crippen molar-refractivity contribution in [3.8, 4) is 17.2 Å². The summed E-state index contributed by atoms with van der Waals surface area (Å²) < 4.78 is 50.1. The molecule has 6 nitrogen and oxygen atoms in total. The number of nitro benzene ring substituents is 1. The SMILES string of the molecule is CCOc1cc(/C=C2\Sc3ccccc3C2=O)ccc1Oc1ccc(C(F)(F)F)cc1[N+](=O)[O-]. The van der Waals surface area contributed by atoms with Crippen LogP contribution in [0.1, 0.15) is 28.4 Å². The van der Waals surface area contributed by atoms with Crippen LogP contribution in [-0.2, 0) is 6.18 Å². The van der Waals surface area contributed by atoms with Gasteiger partial charge in [-0.3, -0.25) is 14.9 Å². The Morgan fingerprint density at radius 2 is 1.76 bits per heavy atom. The van der Waals surface area contributed by atoms with Crippen LogP contribution in [0, 0.1) is 10.1 Å². The Hall–Kier alpha value is -3.79. The van der Waals surface area contributed by atoms with Crippen molar-refractivity contribution in [3.63, 3.8) is 0 Å². The van der Waals surface area contributed by atoms with Gasteiger partial charge in [0, 0.05) is 16.5 Å². The van der Waals surface area contributed by atoms with Crippen molar-refractivity contribution in [2.45, 2.75) is 18.0 Å². The van der Waals surface area contributed by atoms with Crippen molar-refractivity contribution >= 4 is 29.3 Å². The molecule has 10 heteroatoms. The van der Waals surface area contributed by atoms with E-state index < -0.39 is 22.4 Å². The van der Waals surface area contributed by atoms with E-state index in [0.29, 0.717) is 28.2 Å². The molecule has 0 atom stereocenters. The monoisotopic (exact) mass is 487 g/mol. The number of halogens is 3. The highest BCUT2D eigenvalue weighted by Gasteiger charge is 2.33. The summed E-state index contributed by atoms with van der Waals surface area (Å²) in [6.07, 6.45) is -3.04. The summed E-state index contributed by atoms with van der Waals surface area (Å²) in [5, 5.41) is 11.4. The first-order valence-corrected chi connectivity index (χ1v) is 10.8. The average Bonchev–Trinajstić information content (AvgIpc) is 3.10. The van der Waals surface area contributed by atoms with E-state index in [4.69, 9.17) is 9.47 Å².